The summed E-state index contributed by atoms with van der Waals surface area (Å²) in [5.41, 5.74) is 6.29. The van der Waals surface area contributed by atoms with E-state index in [1.54, 1.807) is 24.3 Å². The zero-order chi connectivity index (χ0) is 24.2. The monoisotopic (exact) mass is 462 g/mol. The molecule has 33 heavy (non-hydrogen) atoms. The lowest BCUT2D eigenvalue weighted by molar-refractivity contribution is -0.139. The van der Waals surface area contributed by atoms with Crippen molar-refractivity contribution in [2.24, 2.45) is 11.7 Å². The van der Waals surface area contributed by atoms with Crippen LogP contribution in [0.25, 0.3) is 0 Å². The number of urea groups is 1. The number of amides is 3. The molecule has 0 heterocycles. The molecule has 1 fully saturated rings. The number of hydrogen-bond acceptors (Lipinski definition) is 5. The summed E-state index contributed by atoms with van der Waals surface area (Å²) in [5, 5.41) is 27.0. The fraction of sp³-hybridized carbons (Fsp3) is 0.625. The second-order valence-corrected chi connectivity index (χ2v) is 8.91. The Labute approximate surface area is 195 Å². The van der Waals surface area contributed by atoms with Crippen molar-refractivity contribution in [2.75, 3.05) is 6.54 Å². The van der Waals surface area contributed by atoms with Crippen molar-refractivity contribution < 1.29 is 24.6 Å². The van der Waals surface area contributed by atoms with Crippen LogP contribution in [0.1, 0.15) is 76.3 Å². The Hall–Kier alpha value is -2.81. The molecule has 0 aliphatic heterocycles. The van der Waals surface area contributed by atoms with Crippen LogP contribution < -0.4 is 21.7 Å². The van der Waals surface area contributed by atoms with E-state index < -0.39 is 24.1 Å². The van der Waals surface area contributed by atoms with Gasteiger partial charge in [-0.3, -0.25) is 4.79 Å². The van der Waals surface area contributed by atoms with Gasteiger partial charge in [-0.1, -0.05) is 44.2 Å². The van der Waals surface area contributed by atoms with Gasteiger partial charge >= 0.3 is 12.0 Å². The number of rotatable bonds is 12. The lowest BCUT2D eigenvalue weighted by Crippen LogP contribution is -2.54. The first-order valence-electron chi connectivity index (χ1n) is 11.9. The van der Waals surface area contributed by atoms with Crippen molar-refractivity contribution in [3.05, 3.63) is 29.8 Å². The number of unbranched alkanes of at least 4 members (excludes halogenated alkanes) is 1. The quantitative estimate of drug-likeness (QED) is 0.263. The fourth-order valence-electron chi connectivity index (χ4n) is 4.26. The molecular formula is C24H38N4O5. The molecule has 9 heteroatoms. The SMILES string of the molecule is C[C@H](NC(=O)[C@@H](CC1CCCCC1)NC(=O)N[C@@H](CCCCN)C(=O)O)c1ccc(O)cc1. The average molecular weight is 463 g/mol. The van der Waals surface area contributed by atoms with Crippen molar-refractivity contribution >= 4 is 17.9 Å². The molecule has 1 aliphatic rings. The van der Waals surface area contributed by atoms with Gasteiger partial charge in [0, 0.05) is 0 Å². The first-order chi connectivity index (χ1) is 15.8. The van der Waals surface area contributed by atoms with E-state index in [-0.39, 0.29) is 24.1 Å². The van der Waals surface area contributed by atoms with E-state index in [9.17, 15) is 24.6 Å². The van der Waals surface area contributed by atoms with Crippen molar-refractivity contribution in [3.63, 3.8) is 0 Å². The second kappa shape index (κ2) is 13.7. The highest BCUT2D eigenvalue weighted by atomic mass is 16.4. The van der Waals surface area contributed by atoms with Crippen LogP contribution in [0.15, 0.2) is 24.3 Å². The van der Waals surface area contributed by atoms with Gasteiger partial charge in [0.2, 0.25) is 5.91 Å². The van der Waals surface area contributed by atoms with Crippen LogP contribution in [0.3, 0.4) is 0 Å². The minimum atomic E-state index is -1.11. The Morgan fingerprint density at radius 1 is 1.00 bits per heavy atom. The normalized spacial score (nSPS) is 16.9. The number of carboxylic acids is 1. The Morgan fingerprint density at radius 3 is 2.24 bits per heavy atom. The molecule has 0 unspecified atom stereocenters. The lowest BCUT2D eigenvalue weighted by Gasteiger charge is -2.28. The molecule has 0 spiro atoms. The predicted molar refractivity (Wildman–Crippen MR) is 126 cm³/mol. The van der Waals surface area contributed by atoms with Gasteiger partial charge in [0.05, 0.1) is 6.04 Å². The topological polar surface area (TPSA) is 154 Å². The molecule has 0 aromatic heterocycles. The molecule has 7 N–H and O–H groups in total. The number of aliphatic carboxylic acids is 1. The molecule has 3 atom stereocenters. The van der Waals surface area contributed by atoms with Gasteiger partial charge in [-0.25, -0.2) is 9.59 Å². The standard InChI is InChI=1S/C24H38N4O5/c1-16(18-10-12-19(29)13-11-18)26-22(30)21(15-17-7-3-2-4-8-17)28-24(33)27-20(23(31)32)9-5-6-14-25/h10-13,16-17,20-21,29H,2-9,14-15,25H2,1H3,(H,26,30)(H,31,32)(H2,27,28,33)/t16-,20-,21+/m0/s1. The highest BCUT2D eigenvalue weighted by Gasteiger charge is 2.28. The third-order valence-corrected chi connectivity index (χ3v) is 6.22. The van der Waals surface area contributed by atoms with E-state index >= 15 is 0 Å². The van der Waals surface area contributed by atoms with Gasteiger partial charge < -0.3 is 31.9 Å². The minimum Gasteiger partial charge on any atom is -0.508 e. The number of carbonyl (C=O) groups excluding carboxylic acids is 2. The minimum absolute atomic E-state index is 0.144. The third kappa shape index (κ3) is 9.29. The lowest BCUT2D eigenvalue weighted by atomic mass is 9.84. The summed E-state index contributed by atoms with van der Waals surface area (Å²) in [7, 11) is 0. The molecule has 184 valence electrons. The summed E-state index contributed by atoms with van der Waals surface area (Å²) in [6, 6.07) is 3.78. The summed E-state index contributed by atoms with van der Waals surface area (Å²) in [4.78, 5) is 37.2. The van der Waals surface area contributed by atoms with Crippen LogP contribution in [0.4, 0.5) is 4.79 Å². The second-order valence-electron chi connectivity index (χ2n) is 8.91. The molecular weight excluding hydrogens is 424 g/mol. The van der Waals surface area contributed by atoms with E-state index in [2.05, 4.69) is 16.0 Å². The zero-order valence-corrected chi connectivity index (χ0v) is 19.4. The number of aromatic hydroxyl groups is 1. The molecule has 1 saturated carbocycles. The van der Waals surface area contributed by atoms with Gasteiger partial charge in [-0.15, -0.1) is 0 Å². The molecule has 2 rings (SSSR count). The summed E-state index contributed by atoms with van der Waals surface area (Å²) in [6.07, 6.45) is 7.47. The summed E-state index contributed by atoms with van der Waals surface area (Å²) in [6.45, 7) is 2.29. The number of nitrogens with two attached hydrogens (primary N) is 1. The van der Waals surface area contributed by atoms with Crippen molar-refractivity contribution in [1.82, 2.24) is 16.0 Å². The molecule has 9 nitrogen and oxygen atoms in total. The van der Waals surface area contributed by atoms with E-state index in [0.29, 0.717) is 31.7 Å². The number of phenolic OH excluding ortho intramolecular Hbond substituents is 1. The third-order valence-electron chi connectivity index (χ3n) is 6.22. The largest absolute Gasteiger partial charge is 0.508 e. The Balaban J connectivity index is 2.03. The first-order valence-corrected chi connectivity index (χ1v) is 11.9. The van der Waals surface area contributed by atoms with E-state index in [4.69, 9.17) is 5.73 Å². The van der Waals surface area contributed by atoms with Crippen molar-refractivity contribution in [1.29, 1.82) is 0 Å². The van der Waals surface area contributed by atoms with Crippen LogP contribution in [0.2, 0.25) is 0 Å². The van der Waals surface area contributed by atoms with E-state index in [1.165, 1.54) is 6.42 Å². The van der Waals surface area contributed by atoms with Crippen molar-refractivity contribution in [2.45, 2.75) is 82.8 Å². The van der Waals surface area contributed by atoms with Crippen LogP contribution in [0, 0.1) is 5.92 Å². The number of carbonyl (C=O) groups is 3. The molecule has 0 saturated heterocycles. The van der Waals surface area contributed by atoms with Crippen LogP contribution in [-0.4, -0.2) is 46.7 Å². The van der Waals surface area contributed by atoms with Crippen LogP contribution in [-0.2, 0) is 9.59 Å². The maximum atomic E-state index is 13.1. The Kier molecular flexibility index (Phi) is 11.0. The fourth-order valence-corrected chi connectivity index (χ4v) is 4.26. The van der Waals surface area contributed by atoms with Gasteiger partial charge in [-0.2, -0.15) is 0 Å². The van der Waals surface area contributed by atoms with E-state index in [1.807, 2.05) is 6.92 Å². The number of phenols is 1. The van der Waals surface area contributed by atoms with Gasteiger partial charge in [0.15, 0.2) is 0 Å². The van der Waals surface area contributed by atoms with Gasteiger partial charge in [0.1, 0.15) is 17.8 Å². The molecule has 1 aromatic rings. The van der Waals surface area contributed by atoms with Crippen LogP contribution >= 0.6 is 0 Å². The molecule has 3 amide bonds. The number of benzene rings is 1. The molecule has 1 aliphatic carbocycles. The smallest absolute Gasteiger partial charge is 0.326 e. The van der Waals surface area contributed by atoms with Crippen molar-refractivity contribution in [3.8, 4) is 5.75 Å². The summed E-state index contributed by atoms with van der Waals surface area (Å²) >= 11 is 0. The Bertz CT molecular complexity index is 765. The first kappa shape index (κ1) is 26.4. The Morgan fingerprint density at radius 2 is 1.64 bits per heavy atom. The maximum Gasteiger partial charge on any atom is 0.326 e. The highest BCUT2D eigenvalue weighted by Crippen LogP contribution is 2.27. The van der Waals surface area contributed by atoms with Crippen LogP contribution in [0.5, 0.6) is 5.75 Å². The number of nitrogens with one attached hydrogen (secondary N) is 3. The zero-order valence-electron chi connectivity index (χ0n) is 19.4. The maximum absolute atomic E-state index is 13.1. The highest BCUT2D eigenvalue weighted by molar-refractivity contribution is 5.89. The molecule has 1 aromatic carbocycles. The summed E-state index contributed by atoms with van der Waals surface area (Å²) in [5.74, 6) is -0.952. The van der Waals surface area contributed by atoms with Gasteiger partial charge in [-0.05, 0) is 62.8 Å². The number of hydrogen-bond donors (Lipinski definition) is 6. The summed E-state index contributed by atoms with van der Waals surface area (Å²) < 4.78 is 0. The van der Waals surface area contributed by atoms with E-state index in [0.717, 1.165) is 31.2 Å². The predicted octanol–water partition coefficient (Wildman–Crippen LogP) is 2.79. The molecule has 0 bridgehead atoms. The number of carboxylic acid groups (broad SMARTS) is 1. The molecule has 0 radical (unpaired) electrons. The average Bonchev–Trinajstić information content (AvgIpc) is 2.79. The van der Waals surface area contributed by atoms with Gasteiger partial charge in [0.25, 0.3) is 0 Å².